The zero-order valence-corrected chi connectivity index (χ0v) is 13.9. The minimum Gasteiger partial charge on any atom is -0.506 e. The summed E-state index contributed by atoms with van der Waals surface area (Å²) in [5.74, 6) is 0.330. The van der Waals surface area contributed by atoms with Gasteiger partial charge in [-0.15, -0.1) is 0 Å². The van der Waals surface area contributed by atoms with Crippen LogP contribution in [0, 0.1) is 18.3 Å². The highest BCUT2D eigenvalue weighted by atomic mass is 16.5. The summed E-state index contributed by atoms with van der Waals surface area (Å²) in [6, 6.07) is 3.50. The molecule has 0 aliphatic carbocycles. The Balaban J connectivity index is 2.08. The number of pyridine rings is 1. The number of ether oxygens (including phenoxy) is 1. The van der Waals surface area contributed by atoms with Crippen LogP contribution in [0.3, 0.4) is 0 Å². The summed E-state index contributed by atoms with van der Waals surface area (Å²) in [6.45, 7) is 8.22. The molecule has 0 bridgehead atoms. The fraction of sp³-hybridized carbons (Fsp3) is 0.647. The smallest absolute Gasteiger partial charge is 0.311 e. The monoisotopic (exact) mass is 306 g/mol. The van der Waals surface area contributed by atoms with Crippen LogP contribution in [0.2, 0.25) is 0 Å². The number of hydrogen-bond donors (Lipinski definition) is 1. The van der Waals surface area contributed by atoms with E-state index < -0.39 is 5.41 Å². The van der Waals surface area contributed by atoms with Crippen molar-refractivity contribution in [2.75, 3.05) is 20.2 Å². The lowest BCUT2D eigenvalue weighted by Gasteiger charge is -2.39. The van der Waals surface area contributed by atoms with E-state index in [9.17, 15) is 9.90 Å². The molecule has 122 valence electrons. The molecule has 0 spiro atoms. The minimum absolute atomic E-state index is 0.157. The zero-order chi connectivity index (χ0) is 16.3. The number of hydrogen-bond acceptors (Lipinski definition) is 5. The fourth-order valence-corrected chi connectivity index (χ4v) is 3.15. The van der Waals surface area contributed by atoms with E-state index in [0.29, 0.717) is 12.2 Å². The number of rotatable bonds is 4. The molecule has 1 aliphatic rings. The first-order valence-corrected chi connectivity index (χ1v) is 7.81. The molecule has 2 heterocycles. The highest BCUT2D eigenvalue weighted by molar-refractivity contribution is 5.76. The second-order valence-electron chi connectivity index (χ2n) is 6.71. The maximum Gasteiger partial charge on any atom is 0.311 e. The molecule has 1 aliphatic heterocycles. The van der Waals surface area contributed by atoms with Crippen molar-refractivity contribution in [2.45, 2.75) is 40.2 Å². The molecule has 1 aromatic heterocycles. The number of carbonyl (C=O) groups excluding carboxylic acids is 1. The van der Waals surface area contributed by atoms with Crippen molar-refractivity contribution in [1.82, 2.24) is 9.88 Å². The van der Waals surface area contributed by atoms with Gasteiger partial charge in [0.2, 0.25) is 0 Å². The van der Waals surface area contributed by atoms with Crippen LogP contribution in [-0.2, 0) is 16.1 Å². The molecule has 5 nitrogen and oxygen atoms in total. The Morgan fingerprint density at radius 1 is 1.50 bits per heavy atom. The molecule has 2 rings (SSSR count). The Labute approximate surface area is 132 Å². The molecule has 0 aromatic carbocycles. The summed E-state index contributed by atoms with van der Waals surface area (Å²) < 4.78 is 4.95. The number of aromatic nitrogens is 1. The number of piperidine rings is 1. The van der Waals surface area contributed by atoms with Gasteiger partial charge in [-0.25, -0.2) is 0 Å². The van der Waals surface area contributed by atoms with Crippen LogP contribution in [0.15, 0.2) is 12.1 Å². The summed E-state index contributed by atoms with van der Waals surface area (Å²) in [7, 11) is 1.44. The van der Waals surface area contributed by atoms with Crippen molar-refractivity contribution in [2.24, 2.45) is 11.3 Å². The van der Waals surface area contributed by atoms with Crippen LogP contribution in [-0.4, -0.2) is 41.2 Å². The van der Waals surface area contributed by atoms with Crippen LogP contribution in [0.25, 0.3) is 0 Å². The van der Waals surface area contributed by atoms with Crippen molar-refractivity contribution in [3.63, 3.8) is 0 Å². The highest BCUT2D eigenvalue weighted by Crippen LogP contribution is 2.35. The molecule has 5 heteroatoms. The SMILES string of the molecule is COC(=O)C(C)(C)[C@@H]1CCCN(Cc2nc(C)ccc2O)C1. The number of likely N-dealkylation sites (tertiary alicyclic amines) is 1. The van der Waals surface area contributed by atoms with Crippen LogP contribution < -0.4 is 0 Å². The van der Waals surface area contributed by atoms with E-state index in [4.69, 9.17) is 4.74 Å². The summed E-state index contributed by atoms with van der Waals surface area (Å²) in [5, 5.41) is 9.95. The maximum atomic E-state index is 12.0. The predicted molar refractivity (Wildman–Crippen MR) is 84.4 cm³/mol. The molecule has 1 fully saturated rings. The van der Waals surface area contributed by atoms with Crippen LogP contribution in [0.4, 0.5) is 0 Å². The highest BCUT2D eigenvalue weighted by Gasteiger charge is 2.40. The van der Waals surface area contributed by atoms with E-state index in [0.717, 1.165) is 31.6 Å². The standard InChI is InChI=1S/C17H26N2O3/c1-12-7-8-15(20)14(18-12)11-19-9-5-6-13(10-19)17(2,3)16(21)22-4/h7-8,13,20H,5-6,9-11H2,1-4H3/t13-/m1/s1. The predicted octanol–water partition coefficient (Wildman–Crippen LogP) is 2.51. The summed E-state index contributed by atoms with van der Waals surface area (Å²) in [6.07, 6.45) is 2.06. The van der Waals surface area contributed by atoms with Gasteiger partial charge in [0.15, 0.2) is 0 Å². The molecule has 0 unspecified atom stereocenters. The molecule has 0 amide bonds. The first-order chi connectivity index (χ1) is 10.3. The van der Waals surface area contributed by atoms with Crippen molar-refractivity contribution in [3.8, 4) is 5.75 Å². The summed E-state index contributed by atoms with van der Waals surface area (Å²) in [4.78, 5) is 18.7. The Morgan fingerprint density at radius 3 is 2.91 bits per heavy atom. The van der Waals surface area contributed by atoms with E-state index in [-0.39, 0.29) is 17.6 Å². The molecule has 0 radical (unpaired) electrons. The van der Waals surface area contributed by atoms with Gasteiger partial charge >= 0.3 is 5.97 Å². The first-order valence-electron chi connectivity index (χ1n) is 7.81. The normalized spacial score (nSPS) is 19.9. The summed E-state index contributed by atoms with van der Waals surface area (Å²) >= 11 is 0. The van der Waals surface area contributed by atoms with Gasteiger partial charge in [-0.05, 0) is 58.2 Å². The number of aryl methyl sites for hydroxylation is 1. The Kier molecular flexibility index (Phi) is 5.06. The number of nitrogens with zero attached hydrogens (tertiary/aromatic N) is 2. The van der Waals surface area contributed by atoms with Gasteiger partial charge in [-0.3, -0.25) is 14.7 Å². The van der Waals surface area contributed by atoms with Crippen molar-refractivity contribution in [1.29, 1.82) is 0 Å². The van der Waals surface area contributed by atoms with Gasteiger partial charge in [-0.2, -0.15) is 0 Å². The average molecular weight is 306 g/mol. The lowest BCUT2D eigenvalue weighted by atomic mass is 9.74. The average Bonchev–Trinajstić information content (AvgIpc) is 2.50. The van der Waals surface area contributed by atoms with E-state index in [2.05, 4.69) is 9.88 Å². The molecule has 22 heavy (non-hydrogen) atoms. The van der Waals surface area contributed by atoms with Crippen LogP contribution in [0.1, 0.15) is 38.1 Å². The topological polar surface area (TPSA) is 62.7 Å². The Morgan fingerprint density at radius 2 is 2.23 bits per heavy atom. The third-order valence-corrected chi connectivity index (χ3v) is 4.70. The largest absolute Gasteiger partial charge is 0.506 e. The van der Waals surface area contributed by atoms with Crippen molar-refractivity contribution in [3.05, 3.63) is 23.5 Å². The van der Waals surface area contributed by atoms with Crippen LogP contribution >= 0.6 is 0 Å². The second-order valence-corrected chi connectivity index (χ2v) is 6.71. The molecule has 0 saturated carbocycles. The van der Waals surface area contributed by atoms with Gasteiger partial charge in [0.05, 0.1) is 18.2 Å². The number of methoxy groups -OCH3 is 1. The molecule has 1 aromatic rings. The van der Waals surface area contributed by atoms with Crippen molar-refractivity contribution < 1.29 is 14.6 Å². The molecular formula is C17H26N2O3. The lowest BCUT2D eigenvalue weighted by Crippen LogP contribution is -2.44. The van der Waals surface area contributed by atoms with E-state index in [1.165, 1.54) is 7.11 Å². The zero-order valence-electron chi connectivity index (χ0n) is 13.9. The molecule has 1 N–H and O–H groups in total. The third-order valence-electron chi connectivity index (χ3n) is 4.70. The Bertz CT molecular complexity index is 543. The van der Waals surface area contributed by atoms with Gasteiger partial charge in [0, 0.05) is 18.8 Å². The number of aromatic hydroxyl groups is 1. The fourth-order valence-electron chi connectivity index (χ4n) is 3.15. The van der Waals surface area contributed by atoms with Gasteiger partial charge in [-0.1, -0.05) is 0 Å². The molecule has 1 atom stereocenters. The summed E-state index contributed by atoms with van der Waals surface area (Å²) in [5.41, 5.74) is 1.11. The van der Waals surface area contributed by atoms with Gasteiger partial charge in [0.25, 0.3) is 0 Å². The third kappa shape index (κ3) is 3.58. The number of esters is 1. The van der Waals surface area contributed by atoms with Gasteiger partial charge < -0.3 is 9.84 Å². The van der Waals surface area contributed by atoms with E-state index in [1.807, 2.05) is 20.8 Å². The second kappa shape index (κ2) is 6.65. The molecular weight excluding hydrogens is 280 g/mol. The first kappa shape index (κ1) is 16.7. The Hall–Kier alpha value is -1.62. The van der Waals surface area contributed by atoms with E-state index >= 15 is 0 Å². The number of carbonyl (C=O) groups is 1. The van der Waals surface area contributed by atoms with Gasteiger partial charge in [0.1, 0.15) is 5.75 Å². The van der Waals surface area contributed by atoms with Crippen LogP contribution in [0.5, 0.6) is 5.75 Å². The maximum absolute atomic E-state index is 12.0. The quantitative estimate of drug-likeness (QED) is 0.866. The van der Waals surface area contributed by atoms with E-state index in [1.54, 1.807) is 12.1 Å². The minimum atomic E-state index is -0.491. The van der Waals surface area contributed by atoms with Crippen molar-refractivity contribution >= 4 is 5.97 Å². The lowest BCUT2D eigenvalue weighted by molar-refractivity contribution is -0.155. The molecule has 1 saturated heterocycles.